The highest BCUT2D eigenvalue weighted by molar-refractivity contribution is 5.77. The van der Waals surface area contributed by atoms with Gasteiger partial charge in [0.2, 0.25) is 5.91 Å². The number of nitrogens with zero attached hydrogens (tertiary/aromatic N) is 1. The van der Waals surface area contributed by atoms with E-state index in [9.17, 15) is 4.79 Å². The van der Waals surface area contributed by atoms with Crippen molar-refractivity contribution in [2.45, 2.75) is 50.5 Å². The van der Waals surface area contributed by atoms with E-state index >= 15 is 0 Å². The van der Waals surface area contributed by atoms with E-state index in [0.717, 1.165) is 23.5 Å². The summed E-state index contributed by atoms with van der Waals surface area (Å²) in [4.78, 5) is 16.9. The first-order chi connectivity index (χ1) is 14.2. The highest BCUT2D eigenvalue weighted by Crippen LogP contribution is 2.55. The van der Waals surface area contributed by atoms with Crippen molar-refractivity contribution >= 4 is 5.91 Å². The number of rotatable bonds is 7. The van der Waals surface area contributed by atoms with E-state index in [2.05, 4.69) is 22.4 Å². The molecule has 2 aliphatic carbocycles. The number of ether oxygens (including phenoxy) is 2. The molecule has 0 radical (unpaired) electrons. The molecular weight excluding hydrogens is 364 g/mol. The standard InChI is InChI=1S/C24H30N2O3/c1-28-20-11-10-17(14-21(20)29-2)23-18-7-3-4-8-19(18)24(23)26-22(27)12-9-16-6-5-13-25-15-16/h5-6,10-11,13-15,18-19,23-24H,3-4,7-9,12H2,1-2H3,(H,26,27)/t18-,19-,23-,24-/m0/s1. The number of amides is 1. The number of fused-ring (bicyclic) bond motifs is 1. The van der Waals surface area contributed by atoms with Gasteiger partial charge in [0.15, 0.2) is 11.5 Å². The van der Waals surface area contributed by atoms with Crippen LogP contribution in [0.2, 0.25) is 0 Å². The third kappa shape index (κ3) is 4.09. The van der Waals surface area contributed by atoms with Crippen LogP contribution < -0.4 is 14.8 Å². The van der Waals surface area contributed by atoms with E-state index in [1.807, 2.05) is 24.4 Å². The van der Waals surface area contributed by atoms with Crippen LogP contribution in [-0.4, -0.2) is 31.2 Å². The molecule has 0 saturated heterocycles. The number of hydrogen-bond donors (Lipinski definition) is 1. The van der Waals surface area contributed by atoms with Crippen LogP contribution in [0.1, 0.15) is 49.1 Å². The maximum atomic E-state index is 12.7. The summed E-state index contributed by atoms with van der Waals surface area (Å²) in [5.41, 5.74) is 2.34. The third-order valence-corrected chi connectivity index (χ3v) is 6.67. The van der Waals surface area contributed by atoms with Crippen molar-refractivity contribution in [2.75, 3.05) is 14.2 Å². The average Bonchev–Trinajstić information content (AvgIpc) is 2.77. The van der Waals surface area contributed by atoms with Crippen LogP contribution in [-0.2, 0) is 11.2 Å². The number of carbonyl (C=O) groups is 1. The molecule has 5 nitrogen and oxygen atoms in total. The summed E-state index contributed by atoms with van der Waals surface area (Å²) in [6.07, 6.45) is 9.82. The third-order valence-electron chi connectivity index (χ3n) is 6.67. The van der Waals surface area contributed by atoms with Gasteiger partial charge >= 0.3 is 0 Å². The van der Waals surface area contributed by atoms with Crippen molar-refractivity contribution in [1.82, 2.24) is 10.3 Å². The number of methoxy groups -OCH3 is 2. The first-order valence-corrected chi connectivity index (χ1v) is 10.6. The van der Waals surface area contributed by atoms with E-state index in [0.29, 0.717) is 24.2 Å². The van der Waals surface area contributed by atoms with Gasteiger partial charge in [-0.2, -0.15) is 0 Å². The lowest BCUT2D eigenvalue weighted by molar-refractivity contribution is -0.124. The van der Waals surface area contributed by atoms with Crippen molar-refractivity contribution in [1.29, 1.82) is 0 Å². The molecule has 1 aromatic carbocycles. The van der Waals surface area contributed by atoms with Gasteiger partial charge in [-0.3, -0.25) is 9.78 Å². The van der Waals surface area contributed by atoms with Crippen molar-refractivity contribution in [2.24, 2.45) is 11.8 Å². The number of aryl methyl sites for hydroxylation is 1. The minimum Gasteiger partial charge on any atom is -0.493 e. The SMILES string of the molecule is COc1ccc([C@H]2[C@H]3CCCC[C@@H]3[C@@H]2NC(=O)CCc2cccnc2)cc1OC. The minimum absolute atomic E-state index is 0.133. The fourth-order valence-electron chi connectivity index (χ4n) is 5.24. The number of pyridine rings is 1. The summed E-state index contributed by atoms with van der Waals surface area (Å²) in [6.45, 7) is 0. The first-order valence-electron chi connectivity index (χ1n) is 10.6. The fraction of sp³-hybridized carbons (Fsp3) is 0.500. The van der Waals surface area contributed by atoms with E-state index in [4.69, 9.17) is 9.47 Å². The van der Waals surface area contributed by atoms with Gasteiger partial charge in [0.25, 0.3) is 0 Å². The zero-order valence-corrected chi connectivity index (χ0v) is 17.3. The number of benzene rings is 1. The number of nitrogens with one attached hydrogen (secondary N) is 1. The highest BCUT2D eigenvalue weighted by atomic mass is 16.5. The van der Waals surface area contributed by atoms with E-state index < -0.39 is 0 Å². The quantitative estimate of drug-likeness (QED) is 0.767. The van der Waals surface area contributed by atoms with Gasteiger partial charge in [-0.25, -0.2) is 0 Å². The predicted molar refractivity (Wildman–Crippen MR) is 112 cm³/mol. The van der Waals surface area contributed by atoms with Gasteiger partial charge in [-0.15, -0.1) is 0 Å². The Morgan fingerprint density at radius 3 is 2.62 bits per heavy atom. The molecule has 0 spiro atoms. The molecule has 154 valence electrons. The molecule has 0 bridgehead atoms. The molecule has 4 atom stereocenters. The maximum Gasteiger partial charge on any atom is 0.220 e. The normalized spacial score (nSPS) is 25.4. The van der Waals surface area contributed by atoms with Gasteiger partial charge in [-0.05, 0) is 60.4 Å². The second-order valence-corrected chi connectivity index (χ2v) is 8.21. The molecule has 1 amide bonds. The average molecular weight is 395 g/mol. The van der Waals surface area contributed by atoms with E-state index in [-0.39, 0.29) is 11.9 Å². The van der Waals surface area contributed by atoms with Crippen LogP contribution in [0.15, 0.2) is 42.7 Å². The summed E-state index contributed by atoms with van der Waals surface area (Å²) in [5.74, 6) is 3.21. The van der Waals surface area contributed by atoms with Crippen LogP contribution in [0.25, 0.3) is 0 Å². The van der Waals surface area contributed by atoms with Crippen LogP contribution in [0, 0.1) is 11.8 Å². The van der Waals surface area contributed by atoms with Crippen LogP contribution >= 0.6 is 0 Å². The zero-order valence-electron chi connectivity index (χ0n) is 17.3. The second kappa shape index (κ2) is 8.85. The van der Waals surface area contributed by atoms with Gasteiger partial charge in [0.05, 0.1) is 14.2 Å². The molecule has 1 N–H and O–H groups in total. The Bertz CT molecular complexity index is 839. The topological polar surface area (TPSA) is 60.5 Å². The van der Waals surface area contributed by atoms with Gasteiger partial charge in [0, 0.05) is 30.8 Å². The molecule has 2 fully saturated rings. The Hall–Kier alpha value is -2.56. The molecule has 29 heavy (non-hydrogen) atoms. The summed E-state index contributed by atoms with van der Waals surface area (Å²) >= 11 is 0. The molecule has 5 heteroatoms. The Balaban J connectivity index is 1.47. The zero-order chi connectivity index (χ0) is 20.2. The number of aromatic nitrogens is 1. The Morgan fingerprint density at radius 1 is 1.10 bits per heavy atom. The van der Waals surface area contributed by atoms with E-state index in [1.54, 1.807) is 20.4 Å². The monoisotopic (exact) mass is 394 g/mol. The maximum absolute atomic E-state index is 12.7. The summed E-state index contributed by atoms with van der Waals surface area (Å²) < 4.78 is 10.9. The number of carbonyl (C=O) groups excluding carboxylic acids is 1. The second-order valence-electron chi connectivity index (χ2n) is 8.21. The summed E-state index contributed by atoms with van der Waals surface area (Å²) in [7, 11) is 3.33. The van der Waals surface area contributed by atoms with Crippen LogP contribution in [0.5, 0.6) is 11.5 Å². The molecule has 1 heterocycles. The molecule has 0 unspecified atom stereocenters. The van der Waals surface area contributed by atoms with Gasteiger partial charge in [-0.1, -0.05) is 25.0 Å². The first kappa shape index (κ1) is 19.7. The Labute approximate surface area is 172 Å². The van der Waals surface area contributed by atoms with Crippen molar-refractivity contribution in [3.05, 3.63) is 53.9 Å². The Kier molecular flexibility index (Phi) is 6.02. The molecule has 2 aromatic rings. The highest BCUT2D eigenvalue weighted by Gasteiger charge is 2.51. The summed E-state index contributed by atoms with van der Waals surface area (Å²) in [6, 6.07) is 10.3. The Morgan fingerprint density at radius 2 is 1.90 bits per heavy atom. The van der Waals surface area contributed by atoms with E-state index in [1.165, 1.54) is 31.2 Å². The molecule has 2 saturated carbocycles. The number of hydrogen-bond acceptors (Lipinski definition) is 4. The lowest BCUT2D eigenvalue weighted by Crippen LogP contribution is -2.59. The van der Waals surface area contributed by atoms with Gasteiger partial charge in [0.1, 0.15) is 0 Å². The molecular formula is C24H30N2O3. The molecule has 1 aromatic heterocycles. The van der Waals surface area contributed by atoms with Crippen LogP contribution in [0.3, 0.4) is 0 Å². The van der Waals surface area contributed by atoms with Crippen molar-refractivity contribution in [3.63, 3.8) is 0 Å². The largest absolute Gasteiger partial charge is 0.493 e. The minimum atomic E-state index is 0.133. The predicted octanol–water partition coefficient (Wildman–Crippen LogP) is 4.12. The molecule has 0 aliphatic heterocycles. The smallest absolute Gasteiger partial charge is 0.220 e. The van der Waals surface area contributed by atoms with Crippen molar-refractivity contribution in [3.8, 4) is 11.5 Å². The van der Waals surface area contributed by atoms with Crippen LogP contribution in [0.4, 0.5) is 0 Å². The summed E-state index contributed by atoms with van der Waals surface area (Å²) in [5, 5.41) is 3.37. The fourth-order valence-corrected chi connectivity index (χ4v) is 5.24. The van der Waals surface area contributed by atoms with Crippen molar-refractivity contribution < 1.29 is 14.3 Å². The van der Waals surface area contributed by atoms with Gasteiger partial charge < -0.3 is 14.8 Å². The molecule has 4 rings (SSSR count). The lowest BCUT2D eigenvalue weighted by Gasteiger charge is -2.55. The lowest BCUT2D eigenvalue weighted by atomic mass is 9.53. The molecule has 2 aliphatic rings.